The standard InChI is InChI=1S/C22H22Cl2N4O4/c1-13(2)27-19(29)25(16-9-5-7-14(23)11-16)18(22(27,3)4)28-20(30)26(21(31)32-28)17-10-6-8-15(24)12-17/h5-13,18H,1-4H3. The minimum absolute atomic E-state index is 0.179. The van der Waals surface area contributed by atoms with E-state index in [0.29, 0.717) is 15.7 Å². The van der Waals surface area contributed by atoms with Gasteiger partial charge in [-0.2, -0.15) is 4.57 Å². The van der Waals surface area contributed by atoms with Gasteiger partial charge in [0, 0.05) is 21.8 Å². The lowest BCUT2D eigenvalue weighted by atomic mass is 9.99. The number of rotatable bonds is 4. The molecular weight excluding hydrogens is 455 g/mol. The van der Waals surface area contributed by atoms with Crippen molar-refractivity contribution < 1.29 is 9.32 Å². The lowest BCUT2D eigenvalue weighted by Gasteiger charge is -2.36. The van der Waals surface area contributed by atoms with Crippen LogP contribution in [0.3, 0.4) is 0 Å². The zero-order valence-corrected chi connectivity index (χ0v) is 19.5. The third-order valence-electron chi connectivity index (χ3n) is 5.54. The molecule has 0 bridgehead atoms. The molecule has 1 saturated heterocycles. The van der Waals surface area contributed by atoms with Gasteiger partial charge in [0.2, 0.25) is 0 Å². The van der Waals surface area contributed by atoms with Gasteiger partial charge in [-0.3, -0.25) is 4.90 Å². The first-order valence-corrected chi connectivity index (χ1v) is 10.8. The average molecular weight is 477 g/mol. The van der Waals surface area contributed by atoms with Gasteiger partial charge in [-0.05, 0) is 64.1 Å². The Kier molecular flexibility index (Phi) is 5.46. The molecular formula is C22H22Cl2N4O4. The second-order valence-corrected chi connectivity index (χ2v) is 9.28. The fourth-order valence-corrected chi connectivity index (χ4v) is 4.76. The summed E-state index contributed by atoms with van der Waals surface area (Å²) in [6.45, 7) is 7.41. The number of amides is 2. The van der Waals surface area contributed by atoms with Crippen molar-refractivity contribution >= 4 is 34.9 Å². The fraction of sp³-hybridized carbons (Fsp3) is 0.318. The van der Waals surface area contributed by atoms with Crippen LogP contribution in [0.15, 0.2) is 62.6 Å². The van der Waals surface area contributed by atoms with E-state index < -0.39 is 23.2 Å². The Hall–Kier alpha value is -2.97. The molecule has 1 fully saturated rings. The van der Waals surface area contributed by atoms with Gasteiger partial charge < -0.3 is 9.42 Å². The van der Waals surface area contributed by atoms with Crippen molar-refractivity contribution in [1.82, 2.24) is 14.2 Å². The molecule has 0 radical (unpaired) electrons. The number of halogens is 2. The van der Waals surface area contributed by atoms with E-state index in [1.54, 1.807) is 47.4 Å². The van der Waals surface area contributed by atoms with Gasteiger partial charge in [0.05, 0.1) is 11.2 Å². The van der Waals surface area contributed by atoms with E-state index in [9.17, 15) is 14.4 Å². The molecule has 1 unspecified atom stereocenters. The number of anilines is 1. The Balaban J connectivity index is 1.96. The van der Waals surface area contributed by atoms with Crippen LogP contribution in [-0.4, -0.2) is 31.8 Å². The largest absolute Gasteiger partial charge is 0.447 e. The molecule has 1 aliphatic rings. The molecule has 2 heterocycles. The quantitative estimate of drug-likeness (QED) is 0.553. The molecule has 8 nitrogen and oxygen atoms in total. The Morgan fingerprint density at radius 3 is 2.06 bits per heavy atom. The third-order valence-corrected chi connectivity index (χ3v) is 6.01. The molecule has 1 aromatic heterocycles. The van der Waals surface area contributed by atoms with Crippen molar-refractivity contribution in [1.29, 1.82) is 0 Å². The van der Waals surface area contributed by atoms with Gasteiger partial charge in [0.15, 0.2) is 6.17 Å². The van der Waals surface area contributed by atoms with E-state index in [1.165, 1.54) is 11.0 Å². The lowest BCUT2D eigenvalue weighted by molar-refractivity contribution is 0.0809. The van der Waals surface area contributed by atoms with Gasteiger partial charge in [0.25, 0.3) is 0 Å². The van der Waals surface area contributed by atoms with E-state index in [0.717, 1.165) is 9.31 Å². The van der Waals surface area contributed by atoms with Crippen LogP contribution in [0.4, 0.5) is 10.5 Å². The molecule has 168 valence electrons. The van der Waals surface area contributed by atoms with Gasteiger partial charge in [-0.15, -0.1) is 4.74 Å². The molecule has 3 aromatic rings. The number of nitrogens with zero attached hydrogens (tertiary/aromatic N) is 4. The molecule has 0 aliphatic carbocycles. The average Bonchev–Trinajstić information content (AvgIpc) is 3.09. The normalized spacial score (nSPS) is 18.1. The van der Waals surface area contributed by atoms with Crippen LogP contribution in [0.2, 0.25) is 10.0 Å². The van der Waals surface area contributed by atoms with Crippen LogP contribution in [0.1, 0.15) is 33.9 Å². The molecule has 1 atom stereocenters. The zero-order valence-electron chi connectivity index (χ0n) is 18.0. The predicted octanol–water partition coefficient (Wildman–Crippen LogP) is 4.53. The Morgan fingerprint density at radius 1 is 0.938 bits per heavy atom. The van der Waals surface area contributed by atoms with Gasteiger partial charge >= 0.3 is 17.5 Å². The lowest BCUT2D eigenvalue weighted by Crippen LogP contribution is -2.49. The summed E-state index contributed by atoms with van der Waals surface area (Å²) in [6.07, 6.45) is -0.948. The Morgan fingerprint density at radius 2 is 1.50 bits per heavy atom. The molecule has 0 spiro atoms. The van der Waals surface area contributed by atoms with Crippen molar-refractivity contribution in [3.05, 3.63) is 79.6 Å². The summed E-state index contributed by atoms with van der Waals surface area (Å²) in [7, 11) is 0. The topological polar surface area (TPSA) is 80.7 Å². The van der Waals surface area contributed by atoms with E-state index in [2.05, 4.69) is 0 Å². The SMILES string of the molecule is CC(C)N1C(=O)N(c2cccc(Cl)c2)C(n2oc(=O)n(-c3cccc(Cl)c3)c2=O)C1(C)C. The molecule has 32 heavy (non-hydrogen) atoms. The molecule has 10 heteroatoms. The van der Waals surface area contributed by atoms with E-state index in [4.69, 9.17) is 27.7 Å². The second-order valence-electron chi connectivity index (χ2n) is 8.40. The number of hydrogen-bond acceptors (Lipinski definition) is 4. The first-order chi connectivity index (χ1) is 15.0. The summed E-state index contributed by atoms with van der Waals surface area (Å²) >= 11 is 12.2. The highest BCUT2D eigenvalue weighted by Crippen LogP contribution is 2.43. The van der Waals surface area contributed by atoms with Crippen LogP contribution in [0, 0.1) is 0 Å². The zero-order chi connectivity index (χ0) is 23.4. The van der Waals surface area contributed by atoms with E-state index >= 15 is 0 Å². The number of hydrogen-bond donors (Lipinski definition) is 0. The fourth-order valence-electron chi connectivity index (χ4n) is 4.39. The first-order valence-electron chi connectivity index (χ1n) is 10.0. The highest BCUT2D eigenvalue weighted by atomic mass is 35.5. The maximum absolute atomic E-state index is 13.5. The maximum atomic E-state index is 13.5. The van der Waals surface area contributed by atoms with Gasteiger partial charge in [0.1, 0.15) is 0 Å². The van der Waals surface area contributed by atoms with Crippen LogP contribution in [-0.2, 0) is 0 Å². The summed E-state index contributed by atoms with van der Waals surface area (Å²) in [6, 6.07) is 12.6. The highest BCUT2D eigenvalue weighted by Gasteiger charge is 2.56. The number of carbonyl (C=O) groups excluding carboxylic acids is 1. The molecule has 0 N–H and O–H groups in total. The van der Waals surface area contributed by atoms with Crippen LogP contribution in [0.5, 0.6) is 0 Å². The summed E-state index contributed by atoms with van der Waals surface area (Å²) in [5.74, 6) is -0.880. The number of benzene rings is 2. The first kappa shape index (κ1) is 22.2. The Labute approximate surface area is 194 Å². The minimum atomic E-state index is -0.948. The van der Waals surface area contributed by atoms with E-state index in [1.807, 2.05) is 27.7 Å². The number of carbonyl (C=O) groups is 1. The van der Waals surface area contributed by atoms with Crippen LogP contribution in [0.25, 0.3) is 5.69 Å². The third kappa shape index (κ3) is 3.43. The van der Waals surface area contributed by atoms with Crippen molar-refractivity contribution in [2.75, 3.05) is 4.90 Å². The molecule has 4 rings (SSSR count). The maximum Gasteiger partial charge on any atom is 0.447 e. The van der Waals surface area contributed by atoms with Crippen LogP contribution < -0.4 is 16.3 Å². The molecule has 2 amide bonds. The monoisotopic (exact) mass is 476 g/mol. The number of urea groups is 1. The van der Waals surface area contributed by atoms with E-state index in [-0.39, 0.29) is 17.8 Å². The summed E-state index contributed by atoms with van der Waals surface area (Å²) in [5.41, 5.74) is -0.880. The minimum Gasteiger partial charge on any atom is -0.314 e. The number of aromatic nitrogens is 2. The van der Waals surface area contributed by atoms with Crippen molar-refractivity contribution in [2.24, 2.45) is 0 Å². The predicted molar refractivity (Wildman–Crippen MR) is 123 cm³/mol. The second kappa shape index (κ2) is 7.86. The molecule has 0 saturated carbocycles. The summed E-state index contributed by atoms with van der Waals surface area (Å²) in [5, 5.41) is 0.796. The Bertz CT molecular complexity index is 1310. The van der Waals surface area contributed by atoms with Crippen LogP contribution >= 0.6 is 23.2 Å². The molecule has 1 aliphatic heterocycles. The van der Waals surface area contributed by atoms with Gasteiger partial charge in [-0.25, -0.2) is 14.4 Å². The highest BCUT2D eigenvalue weighted by molar-refractivity contribution is 6.31. The summed E-state index contributed by atoms with van der Waals surface area (Å²) < 4.78 is 7.27. The molecule has 2 aromatic carbocycles. The smallest absolute Gasteiger partial charge is 0.314 e. The van der Waals surface area contributed by atoms with Crippen molar-refractivity contribution in [3.8, 4) is 5.69 Å². The van der Waals surface area contributed by atoms with Gasteiger partial charge in [-0.1, -0.05) is 35.3 Å². The summed E-state index contributed by atoms with van der Waals surface area (Å²) in [4.78, 5) is 42.7. The van der Waals surface area contributed by atoms with Crippen molar-refractivity contribution in [2.45, 2.75) is 45.4 Å². The van der Waals surface area contributed by atoms with Crippen molar-refractivity contribution in [3.63, 3.8) is 0 Å².